The molecule has 0 bridgehead atoms. The van der Waals surface area contributed by atoms with Gasteiger partial charge in [0, 0.05) is 11.4 Å². The van der Waals surface area contributed by atoms with Crippen molar-refractivity contribution in [3.8, 4) is 11.4 Å². The number of aromatic nitrogens is 3. The highest BCUT2D eigenvalue weighted by Gasteiger charge is 2.28. The molecule has 0 saturated carbocycles. The second-order valence-corrected chi connectivity index (χ2v) is 8.33. The van der Waals surface area contributed by atoms with E-state index in [-0.39, 0.29) is 5.75 Å². The maximum absolute atomic E-state index is 12.3. The number of hydrogen-bond acceptors (Lipinski definition) is 5. The third-order valence-electron chi connectivity index (χ3n) is 4.97. The number of benzene rings is 2. The lowest BCUT2D eigenvalue weighted by molar-refractivity contribution is -0.153. The van der Waals surface area contributed by atoms with Gasteiger partial charge in [0.05, 0.1) is 6.54 Å². The second kappa shape index (κ2) is 9.74. The lowest BCUT2D eigenvalue weighted by Crippen LogP contribution is -2.21. The van der Waals surface area contributed by atoms with E-state index in [2.05, 4.69) is 19.7 Å². The summed E-state index contributed by atoms with van der Waals surface area (Å²) in [5.41, 5.74) is 1.98. The van der Waals surface area contributed by atoms with Crippen LogP contribution in [0.1, 0.15) is 24.2 Å². The van der Waals surface area contributed by atoms with Crippen molar-refractivity contribution in [2.75, 3.05) is 19.7 Å². The number of thioether (sulfide) groups is 1. The van der Waals surface area contributed by atoms with Crippen molar-refractivity contribution >= 4 is 11.8 Å². The molecule has 1 saturated heterocycles. The molecule has 0 spiro atoms. The van der Waals surface area contributed by atoms with E-state index in [9.17, 15) is 13.2 Å². The molecule has 1 aliphatic rings. The number of halogens is 3. The van der Waals surface area contributed by atoms with E-state index >= 15 is 0 Å². The van der Waals surface area contributed by atoms with Crippen molar-refractivity contribution in [3.05, 3.63) is 66.0 Å². The van der Waals surface area contributed by atoms with Crippen LogP contribution in [0, 0.1) is 0 Å². The van der Waals surface area contributed by atoms with Gasteiger partial charge in [0.1, 0.15) is 5.75 Å². The Hall–Kier alpha value is -2.52. The van der Waals surface area contributed by atoms with Crippen LogP contribution in [0.5, 0.6) is 5.75 Å². The van der Waals surface area contributed by atoms with Crippen molar-refractivity contribution in [1.82, 2.24) is 19.7 Å². The summed E-state index contributed by atoms with van der Waals surface area (Å²) in [5.74, 6) is 1.73. The highest BCUT2D eigenvalue weighted by molar-refractivity contribution is 7.98. The van der Waals surface area contributed by atoms with Gasteiger partial charge in [0.2, 0.25) is 0 Å². The molecular weight excluding hydrogens is 425 g/mol. The Labute approximate surface area is 183 Å². The Morgan fingerprint density at radius 1 is 0.935 bits per heavy atom. The Morgan fingerprint density at radius 3 is 2.32 bits per heavy atom. The summed E-state index contributed by atoms with van der Waals surface area (Å²) in [5, 5.41) is 9.67. The van der Waals surface area contributed by atoms with Crippen LogP contribution in [0.2, 0.25) is 0 Å². The quantitative estimate of drug-likeness (QED) is 0.449. The molecular formula is C22H23F3N4OS. The van der Waals surface area contributed by atoms with Gasteiger partial charge >= 0.3 is 6.18 Å². The normalized spacial score (nSPS) is 14.8. The maximum atomic E-state index is 12.3. The topological polar surface area (TPSA) is 43.2 Å². The minimum atomic E-state index is -4.34. The fraction of sp³-hybridized carbons (Fsp3) is 0.364. The Bertz CT molecular complexity index is 971. The first kappa shape index (κ1) is 21.7. The second-order valence-electron chi connectivity index (χ2n) is 7.39. The maximum Gasteiger partial charge on any atom is 0.422 e. The van der Waals surface area contributed by atoms with Crippen LogP contribution >= 0.6 is 11.8 Å². The highest BCUT2D eigenvalue weighted by Crippen LogP contribution is 2.27. The van der Waals surface area contributed by atoms with Crippen LogP contribution < -0.4 is 4.74 Å². The molecule has 1 fully saturated rings. The van der Waals surface area contributed by atoms with Gasteiger partial charge in [-0.15, -0.1) is 10.2 Å². The third kappa shape index (κ3) is 6.01. The molecule has 4 rings (SSSR count). The van der Waals surface area contributed by atoms with E-state index in [1.165, 1.54) is 12.8 Å². The number of ether oxygens (including phenoxy) is 1. The molecule has 0 radical (unpaired) electrons. The van der Waals surface area contributed by atoms with Crippen LogP contribution in [0.3, 0.4) is 0 Å². The number of rotatable bonds is 8. The average Bonchev–Trinajstić information content (AvgIpc) is 3.42. The van der Waals surface area contributed by atoms with E-state index in [0.29, 0.717) is 5.75 Å². The van der Waals surface area contributed by atoms with E-state index in [4.69, 9.17) is 4.74 Å². The molecule has 3 aromatic rings. The Kier molecular flexibility index (Phi) is 6.82. The van der Waals surface area contributed by atoms with E-state index < -0.39 is 12.8 Å². The molecule has 0 N–H and O–H groups in total. The molecule has 5 nitrogen and oxygen atoms in total. The summed E-state index contributed by atoms with van der Waals surface area (Å²) in [7, 11) is 0. The van der Waals surface area contributed by atoms with Crippen molar-refractivity contribution < 1.29 is 17.9 Å². The zero-order chi connectivity index (χ0) is 21.7. The minimum Gasteiger partial charge on any atom is -0.484 e. The van der Waals surface area contributed by atoms with Gasteiger partial charge in [-0.05, 0) is 55.8 Å². The van der Waals surface area contributed by atoms with E-state index in [0.717, 1.165) is 41.9 Å². The molecule has 1 aromatic heterocycles. The first-order valence-electron chi connectivity index (χ1n) is 10.1. The third-order valence-corrected chi connectivity index (χ3v) is 5.97. The lowest BCUT2D eigenvalue weighted by Gasteiger charge is -2.16. The standard InChI is InChI=1S/C22H23F3N4OS/c23-22(24,25)16-30-19-10-8-17(9-11-19)15-31-21-27-26-20(14-28-12-4-5-13-28)29(21)18-6-2-1-3-7-18/h1-3,6-11H,4-5,12-16H2. The number of para-hydroxylation sites is 1. The molecule has 0 unspecified atom stereocenters. The Balaban J connectivity index is 1.46. The van der Waals surface area contributed by atoms with E-state index in [1.54, 1.807) is 36.0 Å². The predicted molar refractivity (Wildman–Crippen MR) is 113 cm³/mol. The van der Waals surface area contributed by atoms with Gasteiger partial charge in [0.25, 0.3) is 0 Å². The van der Waals surface area contributed by atoms with Crippen molar-refractivity contribution in [3.63, 3.8) is 0 Å². The molecule has 1 aliphatic heterocycles. The number of likely N-dealkylation sites (tertiary alicyclic amines) is 1. The van der Waals surface area contributed by atoms with Crippen molar-refractivity contribution in [2.45, 2.75) is 36.5 Å². The summed E-state index contributed by atoms with van der Waals surface area (Å²) in [6.07, 6.45) is -1.92. The molecule has 0 amide bonds. The van der Waals surface area contributed by atoms with Crippen LogP contribution in [-0.2, 0) is 12.3 Å². The SMILES string of the molecule is FC(F)(F)COc1ccc(CSc2nnc(CN3CCCC3)n2-c2ccccc2)cc1. The van der Waals surface area contributed by atoms with Crippen molar-refractivity contribution in [1.29, 1.82) is 0 Å². The fourth-order valence-electron chi connectivity index (χ4n) is 3.47. The number of nitrogens with zero attached hydrogens (tertiary/aromatic N) is 4. The number of hydrogen-bond donors (Lipinski definition) is 0. The smallest absolute Gasteiger partial charge is 0.422 e. The monoisotopic (exact) mass is 448 g/mol. The van der Waals surface area contributed by atoms with Crippen LogP contribution in [-0.4, -0.2) is 45.5 Å². The summed E-state index contributed by atoms with van der Waals surface area (Å²) in [6, 6.07) is 16.7. The molecule has 2 heterocycles. The fourth-order valence-corrected chi connectivity index (χ4v) is 4.39. The summed E-state index contributed by atoms with van der Waals surface area (Å²) < 4.78 is 43.7. The van der Waals surface area contributed by atoms with Crippen molar-refractivity contribution in [2.24, 2.45) is 0 Å². The zero-order valence-corrected chi connectivity index (χ0v) is 17.7. The molecule has 31 heavy (non-hydrogen) atoms. The highest BCUT2D eigenvalue weighted by atomic mass is 32.2. The molecule has 164 valence electrons. The summed E-state index contributed by atoms with van der Waals surface area (Å²) in [4.78, 5) is 2.39. The van der Waals surface area contributed by atoms with Crippen LogP contribution in [0.25, 0.3) is 5.69 Å². The first-order valence-corrected chi connectivity index (χ1v) is 11.1. The number of alkyl halides is 3. The first-order chi connectivity index (χ1) is 15.0. The molecule has 9 heteroatoms. The average molecular weight is 449 g/mol. The molecule has 2 aromatic carbocycles. The van der Waals surface area contributed by atoms with Gasteiger partial charge in [-0.2, -0.15) is 13.2 Å². The van der Waals surface area contributed by atoms with Gasteiger partial charge in [-0.25, -0.2) is 0 Å². The minimum absolute atomic E-state index is 0.200. The zero-order valence-electron chi connectivity index (χ0n) is 16.9. The van der Waals surface area contributed by atoms with Crippen LogP contribution in [0.4, 0.5) is 13.2 Å². The summed E-state index contributed by atoms with van der Waals surface area (Å²) >= 11 is 1.55. The van der Waals surface area contributed by atoms with Gasteiger partial charge in [0.15, 0.2) is 17.6 Å². The van der Waals surface area contributed by atoms with E-state index in [1.807, 2.05) is 30.3 Å². The van der Waals surface area contributed by atoms with Gasteiger partial charge < -0.3 is 4.74 Å². The largest absolute Gasteiger partial charge is 0.484 e. The summed E-state index contributed by atoms with van der Waals surface area (Å²) in [6.45, 7) is 1.62. The Morgan fingerprint density at radius 2 is 1.65 bits per heavy atom. The van der Waals surface area contributed by atoms with Crippen LogP contribution in [0.15, 0.2) is 59.8 Å². The van der Waals surface area contributed by atoms with Gasteiger partial charge in [-0.1, -0.05) is 42.1 Å². The molecule has 0 aliphatic carbocycles. The predicted octanol–water partition coefficient (Wildman–Crippen LogP) is 5.10. The molecule has 0 atom stereocenters. The van der Waals surface area contributed by atoms with Gasteiger partial charge in [-0.3, -0.25) is 9.47 Å². The lowest BCUT2D eigenvalue weighted by atomic mass is 10.2.